The minimum atomic E-state index is -0.299. The maximum atomic E-state index is 13.1. The van der Waals surface area contributed by atoms with Gasteiger partial charge in [0.05, 0.1) is 11.1 Å². The van der Waals surface area contributed by atoms with Crippen molar-refractivity contribution in [3.8, 4) is 5.69 Å². The maximum absolute atomic E-state index is 13.1. The van der Waals surface area contributed by atoms with Crippen LogP contribution in [0.25, 0.3) is 15.9 Å². The fraction of sp³-hybridized carbons (Fsp3) is 0.294. The van der Waals surface area contributed by atoms with Gasteiger partial charge in [0.2, 0.25) is 0 Å². The van der Waals surface area contributed by atoms with E-state index in [1.807, 2.05) is 6.92 Å². The van der Waals surface area contributed by atoms with Gasteiger partial charge in [0, 0.05) is 16.4 Å². The normalized spacial score (nSPS) is 13.7. The van der Waals surface area contributed by atoms with Crippen molar-refractivity contribution in [3.63, 3.8) is 0 Å². The summed E-state index contributed by atoms with van der Waals surface area (Å²) in [6.45, 7) is 2.47. The van der Waals surface area contributed by atoms with Crippen LogP contribution in [-0.2, 0) is 19.4 Å². The van der Waals surface area contributed by atoms with Crippen LogP contribution in [0.1, 0.15) is 23.8 Å². The van der Waals surface area contributed by atoms with Crippen molar-refractivity contribution in [2.75, 3.05) is 0 Å². The van der Waals surface area contributed by atoms with Crippen molar-refractivity contribution in [1.29, 1.82) is 0 Å². The van der Waals surface area contributed by atoms with Crippen LogP contribution in [0, 0.1) is 0 Å². The molecule has 0 atom stereocenters. The number of aromatic nitrogens is 2. The molecule has 1 aromatic carbocycles. The van der Waals surface area contributed by atoms with Gasteiger partial charge >= 0.3 is 5.69 Å². The second-order valence-corrected chi connectivity index (χ2v) is 7.20. The Kier molecular flexibility index (Phi) is 3.43. The summed E-state index contributed by atoms with van der Waals surface area (Å²) >= 11 is 7.64. The van der Waals surface area contributed by atoms with E-state index in [0.717, 1.165) is 29.7 Å². The van der Waals surface area contributed by atoms with Crippen LogP contribution in [0.2, 0.25) is 5.02 Å². The molecular weight excluding hydrogens is 332 g/mol. The van der Waals surface area contributed by atoms with E-state index >= 15 is 0 Å². The number of thiophene rings is 1. The van der Waals surface area contributed by atoms with E-state index in [0.29, 0.717) is 22.6 Å². The number of rotatable bonds is 2. The fourth-order valence-corrected chi connectivity index (χ4v) is 4.95. The number of hydrogen-bond acceptors (Lipinski definition) is 3. The highest BCUT2D eigenvalue weighted by molar-refractivity contribution is 7.18. The molecular formula is C17H15ClN2O2S. The summed E-state index contributed by atoms with van der Waals surface area (Å²) in [5, 5.41) is 1.22. The topological polar surface area (TPSA) is 44.0 Å². The maximum Gasteiger partial charge on any atom is 0.336 e. The summed E-state index contributed by atoms with van der Waals surface area (Å²) in [5.41, 5.74) is 1.13. The summed E-state index contributed by atoms with van der Waals surface area (Å²) in [5.74, 6) is 0. The second-order valence-electron chi connectivity index (χ2n) is 5.68. The molecule has 2 heterocycles. The first-order chi connectivity index (χ1) is 11.1. The molecule has 0 saturated heterocycles. The summed E-state index contributed by atoms with van der Waals surface area (Å²) < 4.78 is 2.95. The number of fused-ring (bicyclic) bond motifs is 3. The highest BCUT2D eigenvalue weighted by Gasteiger charge is 2.24. The van der Waals surface area contributed by atoms with Crippen molar-refractivity contribution in [2.24, 2.45) is 0 Å². The molecule has 1 aliphatic carbocycles. The Bertz CT molecular complexity index is 1050. The monoisotopic (exact) mass is 346 g/mol. The zero-order valence-electron chi connectivity index (χ0n) is 12.6. The number of aryl methyl sites for hydroxylation is 3. The Morgan fingerprint density at radius 3 is 2.83 bits per heavy atom. The molecule has 3 aromatic rings. The van der Waals surface area contributed by atoms with E-state index in [4.69, 9.17) is 11.6 Å². The van der Waals surface area contributed by atoms with Gasteiger partial charge in [0.25, 0.3) is 5.56 Å². The molecule has 0 radical (unpaired) electrons. The first-order valence-electron chi connectivity index (χ1n) is 7.68. The molecule has 1 aliphatic rings. The lowest BCUT2D eigenvalue weighted by molar-refractivity contribution is 0.696. The van der Waals surface area contributed by atoms with Gasteiger partial charge in [-0.05, 0) is 49.9 Å². The van der Waals surface area contributed by atoms with Crippen molar-refractivity contribution in [2.45, 2.75) is 32.7 Å². The highest BCUT2D eigenvalue weighted by atomic mass is 35.5. The van der Waals surface area contributed by atoms with Gasteiger partial charge in [-0.25, -0.2) is 9.36 Å². The first-order valence-corrected chi connectivity index (χ1v) is 8.87. The van der Waals surface area contributed by atoms with Crippen molar-refractivity contribution < 1.29 is 0 Å². The van der Waals surface area contributed by atoms with E-state index in [2.05, 4.69) is 0 Å². The highest BCUT2D eigenvalue weighted by Crippen LogP contribution is 2.35. The Morgan fingerprint density at radius 1 is 1.26 bits per heavy atom. The third-order valence-electron chi connectivity index (χ3n) is 4.37. The minimum absolute atomic E-state index is 0.226. The van der Waals surface area contributed by atoms with Crippen molar-refractivity contribution >= 4 is 33.2 Å². The van der Waals surface area contributed by atoms with Crippen molar-refractivity contribution in [1.82, 2.24) is 9.13 Å². The lowest BCUT2D eigenvalue weighted by Gasteiger charge is -2.11. The van der Waals surface area contributed by atoms with E-state index in [-0.39, 0.29) is 11.2 Å². The molecule has 0 amide bonds. The predicted octanol–water partition coefficient (Wildman–Crippen LogP) is 3.38. The number of nitrogens with zero attached hydrogens (tertiary/aromatic N) is 2. The van der Waals surface area contributed by atoms with E-state index < -0.39 is 0 Å². The van der Waals surface area contributed by atoms with Gasteiger partial charge < -0.3 is 0 Å². The Hall–Kier alpha value is -1.85. The quantitative estimate of drug-likeness (QED) is 0.714. The zero-order chi connectivity index (χ0) is 16.1. The molecule has 4 rings (SSSR count). The fourth-order valence-electron chi connectivity index (χ4n) is 3.33. The Balaban J connectivity index is 2.17. The van der Waals surface area contributed by atoms with Crippen LogP contribution in [-0.4, -0.2) is 9.13 Å². The van der Waals surface area contributed by atoms with E-state index in [9.17, 15) is 9.59 Å². The van der Waals surface area contributed by atoms with Crippen LogP contribution >= 0.6 is 22.9 Å². The number of halogens is 1. The molecule has 0 saturated carbocycles. The van der Waals surface area contributed by atoms with Crippen LogP contribution in [0.3, 0.4) is 0 Å². The van der Waals surface area contributed by atoms with Gasteiger partial charge in [-0.2, -0.15) is 0 Å². The average Bonchev–Trinajstić information content (AvgIpc) is 3.08. The molecule has 0 aliphatic heterocycles. The zero-order valence-corrected chi connectivity index (χ0v) is 14.2. The van der Waals surface area contributed by atoms with Crippen LogP contribution in [0.15, 0.2) is 33.9 Å². The SMILES string of the molecule is CCn1c(=O)n(-c2cccc(Cl)c2)c(=O)c2c3c(sc21)CCC3. The van der Waals surface area contributed by atoms with Gasteiger partial charge in [-0.1, -0.05) is 17.7 Å². The van der Waals surface area contributed by atoms with Gasteiger partial charge in [-0.3, -0.25) is 9.36 Å². The van der Waals surface area contributed by atoms with Crippen LogP contribution in [0.5, 0.6) is 0 Å². The average molecular weight is 347 g/mol. The Morgan fingerprint density at radius 2 is 2.09 bits per heavy atom. The summed E-state index contributed by atoms with van der Waals surface area (Å²) in [7, 11) is 0. The first kappa shape index (κ1) is 14.7. The smallest absolute Gasteiger partial charge is 0.284 e. The predicted molar refractivity (Wildman–Crippen MR) is 94.4 cm³/mol. The Labute approximate surface area is 141 Å². The lowest BCUT2D eigenvalue weighted by atomic mass is 10.2. The van der Waals surface area contributed by atoms with E-state index in [1.165, 1.54) is 9.44 Å². The molecule has 0 bridgehead atoms. The second kappa shape index (κ2) is 5.35. The van der Waals surface area contributed by atoms with Crippen molar-refractivity contribution in [3.05, 3.63) is 60.6 Å². The molecule has 4 nitrogen and oxygen atoms in total. The lowest BCUT2D eigenvalue weighted by Crippen LogP contribution is -2.38. The van der Waals surface area contributed by atoms with Gasteiger partial charge in [0.1, 0.15) is 4.83 Å². The van der Waals surface area contributed by atoms with Gasteiger partial charge in [-0.15, -0.1) is 11.3 Å². The standard InChI is InChI=1S/C17H15ClN2O2S/c1-2-19-16-14(12-7-4-8-13(12)23-16)15(21)20(17(19)22)11-6-3-5-10(18)9-11/h3,5-6,9H,2,4,7-8H2,1H3. The minimum Gasteiger partial charge on any atom is -0.284 e. The third-order valence-corrected chi connectivity index (χ3v) is 5.92. The molecule has 23 heavy (non-hydrogen) atoms. The number of benzene rings is 1. The molecule has 0 unspecified atom stereocenters. The summed E-state index contributed by atoms with van der Waals surface area (Å²) in [6, 6.07) is 6.88. The third kappa shape index (κ3) is 2.11. The van der Waals surface area contributed by atoms with Crippen LogP contribution in [0.4, 0.5) is 0 Å². The largest absolute Gasteiger partial charge is 0.336 e. The molecule has 0 spiro atoms. The number of hydrogen-bond donors (Lipinski definition) is 0. The molecule has 0 fully saturated rings. The van der Waals surface area contributed by atoms with Gasteiger partial charge in [0.15, 0.2) is 0 Å². The molecule has 6 heteroatoms. The molecule has 0 N–H and O–H groups in total. The van der Waals surface area contributed by atoms with Crippen LogP contribution < -0.4 is 11.2 Å². The van der Waals surface area contributed by atoms with E-state index in [1.54, 1.807) is 40.2 Å². The summed E-state index contributed by atoms with van der Waals surface area (Å²) in [6.07, 6.45) is 3.00. The molecule has 2 aromatic heterocycles. The summed E-state index contributed by atoms with van der Waals surface area (Å²) in [4.78, 5) is 28.0. The molecule has 118 valence electrons.